The number of halogens is 4. The van der Waals surface area contributed by atoms with Gasteiger partial charge in [-0.15, -0.1) is 13.2 Å². The Morgan fingerprint density at radius 3 is 2.26 bits per heavy atom. The molecule has 3 aliphatic heterocycles. The number of pyridine rings is 1. The smallest absolute Gasteiger partial charge is 0.453 e. The molecule has 3 fully saturated rings. The van der Waals surface area contributed by atoms with Crippen LogP contribution in [0, 0.1) is 23.1 Å². The third-order valence-corrected chi connectivity index (χ3v) is 12.1. The minimum absolute atomic E-state index is 0.0405. The fourth-order valence-corrected chi connectivity index (χ4v) is 8.75. The van der Waals surface area contributed by atoms with E-state index >= 15 is 4.39 Å². The van der Waals surface area contributed by atoms with E-state index in [2.05, 4.69) is 30.3 Å². The molecule has 0 radical (unpaired) electrons. The average Bonchev–Trinajstić information content (AvgIpc) is 3.93. The van der Waals surface area contributed by atoms with Gasteiger partial charge in [0.2, 0.25) is 11.8 Å². The van der Waals surface area contributed by atoms with Crippen molar-refractivity contribution in [1.29, 1.82) is 0 Å². The van der Waals surface area contributed by atoms with E-state index in [0.29, 0.717) is 81.6 Å². The monoisotopic (exact) mass is 906 g/mol. The molecule has 0 bridgehead atoms. The minimum Gasteiger partial charge on any atom is -0.453 e. The number of amides is 4. The lowest BCUT2D eigenvalue weighted by atomic mass is 9.90. The molecule has 2 aromatic carbocycles. The van der Waals surface area contributed by atoms with Gasteiger partial charge in [-0.3, -0.25) is 14.4 Å². The van der Waals surface area contributed by atoms with E-state index in [1.165, 1.54) is 31.5 Å². The Morgan fingerprint density at radius 2 is 1.63 bits per heavy atom. The van der Waals surface area contributed by atoms with Crippen LogP contribution in [-0.2, 0) is 19.1 Å². The SMILES string of the molecule is COC(=O)N[C@H](C(=O)N1C[C@@H](C)C[C@H]1c1ncc(-c2ccc(-c3cc(F)c(NC(=O)c4ccc(N5CCN(C(=O)C(C)(C)C)C[C@H]5C)nc4)cc3OC(F)(F)F)cc2)[nH]1)C1CCOCC1. The number of hydrogen-bond donors (Lipinski definition) is 3. The number of carbonyl (C=O) groups is 4. The molecule has 15 nitrogen and oxygen atoms in total. The first-order chi connectivity index (χ1) is 30.8. The predicted octanol–water partition coefficient (Wildman–Crippen LogP) is 7.57. The van der Waals surface area contributed by atoms with Gasteiger partial charge in [-0.1, -0.05) is 52.0 Å². The van der Waals surface area contributed by atoms with Crippen LogP contribution in [0.25, 0.3) is 22.4 Å². The van der Waals surface area contributed by atoms with Crippen LogP contribution in [0.15, 0.2) is 60.9 Å². The van der Waals surface area contributed by atoms with Crippen LogP contribution in [0.3, 0.4) is 0 Å². The van der Waals surface area contributed by atoms with Gasteiger partial charge in [0, 0.05) is 68.7 Å². The van der Waals surface area contributed by atoms with Gasteiger partial charge < -0.3 is 44.5 Å². The highest BCUT2D eigenvalue weighted by Crippen LogP contribution is 2.40. The van der Waals surface area contributed by atoms with Crippen LogP contribution < -0.4 is 20.3 Å². The van der Waals surface area contributed by atoms with Crippen LogP contribution in [0.2, 0.25) is 0 Å². The Labute approximate surface area is 374 Å². The van der Waals surface area contributed by atoms with Gasteiger partial charge in [0.1, 0.15) is 29.3 Å². The summed E-state index contributed by atoms with van der Waals surface area (Å²) in [5.74, 6) is -1.64. The van der Waals surface area contributed by atoms with Crippen molar-refractivity contribution in [2.45, 2.75) is 78.4 Å². The van der Waals surface area contributed by atoms with E-state index in [1.807, 2.05) is 44.4 Å². The third kappa shape index (κ3) is 10.8. The number of nitrogens with zero attached hydrogens (tertiary/aromatic N) is 5. The summed E-state index contributed by atoms with van der Waals surface area (Å²) in [6, 6.07) is 9.73. The van der Waals surface area contributed by atoms with Crippen molar-refractivity contribution in [3.63, 3.8) is 0 Å². The maximum atomic E-state index is 15.7. The van der Waals surface area contributed by atoms with Crippen molar-refractivity contribution in [3.05, 3.63) is 78.1 Å². The topological polar surface area (TPSA) is 171 Å². The minimum atomic E-state index is -5.14. The number of rotatable bonds is 10. The van der Waals surface area contributed by atoms with Crippen LogP contribution in [0.1, 0.15) is 76.1 Å². The fourth-order valence-electron chi connectivity index (χ4n) is 8.75. The second-order valence-electron chi connectivity index (χ2n) is 17.9. The maximum Gasteiger partial charge on any atom is 0.573 e. The molecular formula is C46H54F4N8O7. The van der Waals surface area contributed by atoms with E-state index in [9.17, 15) is 32.3 Å². The number of nitrogens with one attached hydrogen (secondary N) is 3. The summed E-state index contributed by atoms with van der Waals surface area (Å²) in [7, 11) is 1.24. The first-order valence-electron chi connectivity index (χ1n) is 21.6. The van der Waals surface area contributed by atoms with E-state index in [4.69, 9.17) is 9.47 Å². The zero-order valence-electron chi connectivity index (χ0n) is 37.1. The Balaban J connectivity index is 1.05. The molecule has 0 aliphatic carbocycles. The van der Waals surface area contributed by atoms with Crippen molar-refractivity contribution < 1.29 is 51.0 Å². The highest BCUT2D eigenvalue weighted by Gasteiger charge is 2.42. The number of benzene rings is 2. The van der Waals surface area contributed by atoms with Crippen molar-refractivity contribution >= 4 is 35.3 Å². The quantitative estimate of drug-likeness (QED) is 0.135. The number of alkyl halides is 3. The molecule has 0 unspecified atom stereocenters. The molecule has 65 heavy (non-hydrogen) atoms. The molecule has 2 aromatic heterocycles. The van der Waals surface area contributed by atoms with Gasteiger partial charge in [0.25, 0.3) is 5.91 Å². The standard InChI is InChI=1S/C46H54F4N8O7/c1-26-19-36(58(24-26)42(60)39(55-44(62)63-6)30-13-17-64-18-14-30)40-52-23-35(53-40)29-9-7-28(8-10-29)32-20-33(47)34(21-37(32)65-46(48,49)50)54-41(59)31-11-12-38(51-22-31)57-16-15-56(25-27(57)2)43(61)45(3,4)5/h7-12,20-23,26-27,30,36,39H,13-19,24-25H2,1-6H3,(H,52,53)(H,54,59)(H,55,62)/t26-,27+,36-,39-/m0/s1. The molecule has 4 amide bonds. The zero-order valence-corrected chi connectivity index (χ0v) is 37.1. The predicted molar refractivity (Wildman–Crippen MR) is 232 cm³/mol. The second kappa shape index (κ2) is 19.1. The molecule has 4 atom stereocenters. The van der Waals surface area contributed by atoms with Gasteiger partial charge in [0.15, 0.2) is 0 Å². The molecule has 7 rings (SSSR count). The number of anilines is 2. The summed E-state index contributed by atoms with van der Waals surface area (Å²) < 4.78 is 71.7. The Bertz CT molecular complexity index is 2360. The first kappa shape index (κ1) is 46.7. The molecule has 348 valence electrons. The molecule has 3 saturated heterocycles. The summed E-state index contributed by atoms with van der Waals surface area (Å²) in [6.07, 6.45) is -1.14. The van der Waals surface area contributed by atoms with Gasteiger partial charge in [0.05, 0.1) is 36.3 Å². The molecule has 3 aliphatic rings. The fraction of sp³-hybridized carbons (Fsp3) is 0.478. The average molecular weight is 907 g/mol. The molecule has 4 aromatic rings. The summed E-state index contributed by atoms with van der Waals surface area (Å²) in [5, 5.41) is 5.09. The Morgan fingerprint density at radius 1 is 0.923 bits per heavy atom. The summed E-state index contributed by atoms with van der Waals surface area (Å²) in [6.45, 7) is 12.5. The van der Waals surface area contributed by atoms with Crippen LogP contribution in [0.5, 0.6) is 5.75 Å². The molecule has 19 heteroatoms. The molecule has 0 saturated carbocycles. The highest BCUT2D eigenvalue weighted by molar-refractivity contribution is 6.04. The largest absolute Gasteiger partial charge is 0.573 e. The van der Waals surface area contributed by atoms with Crippen LogP contribution >= 0.6 is 0 Å². The number of H-pyrrole nitrogens is 1. The number of imidazole rings is 1. The number of ether oxygens (including phenoxy) is 3. The number of alkyl carbamates (subject to hydrolysis) is 1. The molecule has 0 spiro atoms. The maximum absolute atomic E-state index is 15.7. The second-order valence-corrected chi connectivity index (χ2v) is 17.9. The van der Waals surface area contributed by atoms with Crippen molar-refractivity contribution in [2.24, 2.45) is 17.3 Å². The summed E-state index contributed by atoms with van der Waals surface area (Å²) in [4.78, 5) is 70.4. The number of aromatic amines is 1. The van der Waals surface area contributed by atoms with E-state index in [1.54, 1.807) is 29.3 Å². The number of hydrogen-bond acceptors (Lipinski definition) is 10. The van der Waals surface area contributed by atoms with Gasteiger partial charge in [-0.25, -0.2) is 19.2 Å². The van der Waals surface area contributed by atoms with Gasteiger partial charge >= 0.3 is 12.5 Å². The summed E-state index contributed by atoms with van der Waals surface area (Å²) in [5.41, 5.74) is 0.148. The number of likely N-dealkylation sites (tertiary alicyclic amines) is 1. The van der Waals surface area contributed by atoms with Gasteiger partial charge in [-0.2, -0.15) is 0 Å². The molecular weight excluding hydrogens is 853 g/mol. The molecule has 3 N–H and O–H groups in total. The van der Waals surface area contributed by atoms with Crippen molar-refractivity contribution in [2.75, 3.05) is 56.7 Å². The lowest BCUT2D eigenvalue weighted by Crippen LogP contribution is -2.56. The van der Waals surface area contributed by atoms with Crippen LogP contribution in [0.4, 0.5) is 33.9 Å². The Hall–Kier alpha value is -6.24. The number of methoxy groups -OCH3 is 1. The van der Waals surface area contributed by atoms with E-state index in [0.717, 1.165) is 12.1 Å². The van der Waals surface area contributed by atoms with Crippen LogP contribution in [-0.4, -0.2) is 114 Å². The highest BCUT2D eigenvalue weighted by atomic mass is 19.4. The van der Waals surface area contributed by atoms with E-state index in [-0.39, 0.29) is 46.4 Å². The molecule has 5 heterocycles. The van der Waals surface area contributed by atoms with Crippen molar-refractivity contribution in [3.8, 4) is 28.1 Å². The zero-order chi connectivity index (χ0) is 46.8. The Kier molecular flexibility index (Phi) is 13.7. The normalized spacial score (nSPS) is 20.0. The number of carbonyl (C=O) groups excluding carboxylic acids is 4. The number of piperazine rings is 1. The first-order valence-corrected chi connectivity index (χ1v) is 21.6. The third-order valence-electron chi connectivity index (χ3n) is 12.1. The lowest BCUT2D eigenvalue weighted by Gasteiger charge is -2.42. The van der Waals surface area contributed by atoms with E-state index < -0.39 is 53.1 Å². The van der Waals surface area contributed by atoms with Crippen molar-refractivity contribution in [1.82, 2.24) is 30.1 Å². The van der Waals surface area contributed by atoms with Gasteiger partial charge in [-0.05, 0) is 67.3 Å². The number of aromatic nitrogens is 3. The lowest BCUT2D eigenvalue weighted by molar-refractivity contribution is -0.274. The summed E-state index contributed by atoms with van der Waals surface area (Å²) >= 11 is 0.